The Bertz CT molecular complexity index is 980. The van der Waals surface area contributed by atoms with Crippen molar-refractivity contribution in [1.82, 2.24) is 5.01 Å². The third kappa shape index (κ3) is 3.37. The molecular weight excluding hydrogens is 332 g/mol. The molecule has 1 aliphatic rings. The molecule has 0 aliphatic carbocycles. The van der Waals surface area contributed by atoms with Gasteiger partial charge in [0.25, 0.3) is 0 Å². The van der Waals surface area contributed by atoms with E-state index in [1.807, 2.05) is 30.3 Å². The summed E-state index contributed by atoms with van der Waals surface area (Å²) in [6.07, 6.45) is 1.73. The van der Waals surface area contributed by atoms with Crippen molar-refractivity contribution in [3.63, 3.8) is 0 Å². The minimum atomic E-state index is -0.313. The first-order chi connectivity index (χ1) is 12.7. The number of rotatable bonds is 3. The van der Waals surface area contributed by atoms with Gasteiger partial charge < -0.3 is 0 Å². The van der Waals surface area contributed by atoms with E-state index in [0.29, 0.717) is 18.1 Å². The standard InChI is InChI=1S/C21H15F2N3/c22-18-8-6-16(7-9-18)21-25-20-11-10-19(23)12-17(20)14-26(21)24-13-15-4-2-1-3-5-15/h1-13H,14H2/b24-13-. The van der Waals surface area contributed by atoms with Gasteiger partial charge in [0.15, 0.2) is 5.84 Å². The van der Waals surface area contributed by atoms with E-state index < -0.39 is 0 Å². The molecule has 0 spiro atoms. The Morgan fingerprint density at radius 3 is 2.38 bits per heavy atom. The second-order valence-electron chi connectivity index (χ2n) is 5.93. The molecule has 4 rings (SSSR count). The van der Waals surface area contributed by atoms with Crippen molar-refractivity contribution in [1.29, 1.82) is 0 Å². The molecule has 1 aliphatic heterocycles. The van der Waals surface area contributed by atoms with Crippen LogP contribution >= 0.6 is 0 Å². The van der Waals surface area contributed by atoms with E-state index in [4.69, 9.17) is 0 Å². The van der Waals surface area contributed by atoms with Crippen LogP contribution < -0.4 is 0 Å². The lowest BCUT2D eigenvalue weighted by molar-refractivity contribution is 0.434. The summed E-state index contributed by atoms with van der Waals surface area (Å²) >= 11 is 0. The van der Waals surface area contributed by atoms with Gasteiger partial charge in [0.2, 0.25) is 0 Å². The van der Waals surface area contributed by atoms with Crippen LogP contribution in [0.5, 0.6) is 0 Å². The Hall–Kier alpha value is -3.34. The summed E-state index contributed by atoms with van der Waals surface area (Å²) in [6.45, 7) is 0.382. The van der Waals surface area contributed by atoms with Crippen molar-refractivity contribution in [2.45, 2.75) is 6.54 Å². The number of fused-ring (bicyclic) bond motifs is 1. The van der Waals surface area contributed by atoms with Gasteiger partial charge in [-0.2, -0.15) is 5.10 Å². The maximum Gasteiger partial charge on any atom is 0.157 e. The van der Waals surface area contributed by atoms with Gasteiger partial charge in [-0.05, 0) is 48.0 Å². The van der Waals surface area contributed by atoms with Crippen LogP contribution in [-0.4, -0.2) is 17.1 Å². The summed E-state index contributed by atoms with van der Waals surface area (Å²) in [4.78, 5) is 4.62. The van der Waals surface area contributed by atoms with Crippen LogP contribution in [0.1, 0.15) is 16.7 Å². The summed E-state index contributed by atoms with van der Waals surface area (Å²) < 4.78 is 26.9. The van der Waals surface area contributed by atoms with Gasteiger partial charge in [-0.15, -0.1) is 0 Å². The first kappa shape index (κ1) is 16.1. The predicted molar refractivity (Wildman–Crippen MR) is 98.6 cm³/mol. The molecule has 1 heterocycles. The van der Waals surface area contributed by atoms with Crippen molar-refractivity contribution >= 4 is 17.7 Å². The highest BCUT2D eigenvalue weighted by atomic mass is 19.1. The van der Waals surface area contributed by atoms with E-state index in [2.05, 4.69) is 10.1 Å². The van der Waals surface area contributed by atoms with E-state index in [-0.39, 0.29) is 11.6 Å². The molecule has 128 valence electrons. The van der Waals surface area contributed by atoms with Crippen molar-refractivity contribution in [3.05, 3.63) is 101 Å². The molecule has 0 bridgehead atoms. The lowest BCUT2D eigenvalue weighted by Gasteiger charge is -2.26. The molecular formula is C21H15F2N3. The van der Waals surface area contributed by atoms with Crippen molar-refractivity contribution in [2.75, 3.05) is 0 Å². The van der Waals surface area contributed by atoms with E-state index in [9.17, 15) is 8.78 Å². The molecule has 3 aromatic rings. The van der Waals surface area contributed by atoms with Crippen LogP contribution in [0, 0.1) is 11.6 Å². The normalized spacial score (nSPS) is 13.6. The quantitative estimate of drug-likeness (QED) is 0.620. The zero-order valence-electron chi connectivity index (χ0n) is 13.8. The van der Waals surface area contributed by atoms with Gasteiger partial charge in [0.05, 0.1) is 18.4 Å². The van der Waals surface area contributed by atoms with E-state index in [0.717, 1.165) is 16.7 Å². The fraction of sp³-hybridized carbons (Fsp3) is 0.0476. The maximum absolute atomic E-state index is 13.6. The van der Waals surface area contributed by atoms with Gasteiger partial charge in [-0.3, -0.25) is 0 Å². The minimum Gasteiger partial charge on any atom is -0.243 e. The highest BCUT2D eigenvalue weighted by Crippen LogP contribution is 2.29. The average Bonchev–Trinajstić information content (AvgIpc) is 2.67. The number of aliphatic imine (C=N–C) groups is 1. The second-order valence-corrected chi connectivity index (χ2v) is 5.93. The van der Waals surface area contributed by atoms with Gasteiger partial charge in [0, 0.05) is 11.1 Å². The molecule has 3 nitrogen and oxygen atoms in total. The van der Waals surface area contributed by atoms with Crippen LogP contribution in [0.15, 0.2) is 82.9 Å². The Morgan fingerprint density at radius 2 is 1.62 bits per heavy atom. The zero-order chi connectivity index (χ0) is 17.9. The molecule has 26 heavy (non-hydrogen) atoms. The summed E-state index contributed by atoms with van der Waals surface area (Å²) in [7, 11) is 0. The van der Waals surface area contributed by atoms with Crippen molar-refractivity contribution < 1.29 is 8.78 Å². The molecule has 0 saturated carbocycles. The molecule has 0 fully saturated rings. The minimum absolute atomic E-state index is 0.309. The fourth-order valence-electron chi connectivity index (χ4n) is 2.78. The highest BCUT2D eigenvalue weighted by molar-refractivity contribution is 6.01. The zero-order valence-corrected chi connectivity index (χ0v) is 13.8. The van der Waals surface area contributed by atoms with Crippen LogP contribution in [0.3, 0.4) is 0 Å². The number of hydrogen-bond donors (Lipinski definition) is 0. The first-order valence-corrected chi connectivity index (χ1v) is 8.19. The monoisotopic (exact) mass is 347 g/mol. The van der Waals surface area contributed by atoms with Crippen LogP contribution in [0.2, 0.25) is 0 Å². The number of hydrazone groups is 1. The first-order valence-electron chi connectivity index (χ1n) is 8.19. The van der Waals surface area contributed by atoms with Gasteiger partial charge in [-0.25, -0.2) is 18.8 Å². The third-order valence-corrected chi connectivity index (χ3v) is 4.08. The number of nitrogens with zero attached hydrogens (tertiary/aromatic N) is 3. The summed E-state index contributed by atoms with van der Waals surface area (Å²) in [6, 6.07) is 20.3. The molecule has 3 aromatic carbocycles. The smallest absolute Gasteiger partial charge is 0.157 e. The Kier molecular flexibility index (Phi) is 4.27. The Balaban J connectivity index is 1.75. The highest BCUT2D eigenvalue weighted by Gasteiger charge is 2.21. The molecule has 0 aromatic heterocycles. The number of benzene rings is 3. The molecule has 0 amide bonds. The van der Waals surface area contributed by atoms with Crippen LogP contribution in [0.4, 0.5) is 14.5 Å². The van der Waals surface area contributed by atoms with Crippen LogP contribution in [0.25, 0.3) is 0 Å². The largest absolute Gasteiger partial charge is 0.243 e. The number of hydrogen-bond acceptors (Lipinski definition) is 3. The van der Waals surface area contributed by atoms with Gasteiger partial charge >= 0.3 is 0 Å². The lowest BCUT2D eigenvalue weighted by atomic mass is 10.1. The van der Waals surface area contributed by atoms with Gasteiger partial charge in [-0.1, -0.05) is 30.3 Å². The molecule has 0 radical (unpaired) electrons. The maximum atomic E-state index is 13.6. The summed E-state index contributed by atoms with van der Waals surface area (Å²) in [5.74, 6) is -0.0283. The lowest BCUT2D eigenvalue weighted by Crippen LogP contribution is -2.29. The SMILES string of the molecule is Fc1ccc(C2=Nc3ccc(F)cc3CN2/N=C\c2ccccc2)cc1. The van der Waals surface area contributed by atoms with Gasteiger partial charge in [0.1, 0.15) is 11.6 Å². The number of amidine groups is 1. The van der Waals surface area contributed by atoms with E-state index >= 15 is 0 Å². The summed E-state index contributed by atoms with van der Waals surface area (Å²) in [5.41, 5.74) is 3.13. The average molecular weight is 347 g/mol. The molecule has 5 heteroatoms. The second kappa shape index (κ2) is 6.88. The van der Waals surface area contributed by atoms with Crippen molar-refractivity contribution in [2.24, 2.45) is 10.1 Å². The van der Waals surface area contributed by atoms with Crippen molar-refractivity contribution in [3.8, 4) is 0 Å². The third-order valence-electron chi connectivity index (χ3n) is 4.08. The van der Waals surface area contributed by atoms with Crippen LogP contribution in [-0.2, 0) is 6.54 Å². The molecule has 0 saturated heterocycles. The Labute approximate surface area is 149 Å². The summed E-state index contributed by atoms with van der Waals surface area (Å²) in [5, 5.41) is 6.22. The predicted octanol–water partition coefficient (Wildman–Crippen LogP) is 4.89. The Morgan fingerprint density at radius 1 is 0.885 bits per heavy atom. The topological polar surface area (TPSA) is 28.0 Å². The molecule has 0 atom stereocenters. The molecule has 0 unspecified atom stereocenters. The molecule has 0 N–H and O–H groups in total. The van der Waals surface area contributed by atoms with E-state index in [1.165, 1.54) is 24.3 Å². The van der Waals surface area contributed by atoms with E-state index in [1.54, 1.807) is 29.4 Å². The fourth-order valence-corrected chi connectivity index (χ4v) is 2.78. The number of halogens is 2.